The predicted octanol–water partition coefficient (Wildman–Crippen LogP) is 0.436. The van der Waals surface area contributed by atoms with E-state index in [0.29, 0.717) is 10.0 Å². The molecule has 0 unspecified atom stereocenters. The molecule has 1 heterocycles. The average molecular weight is 270 g/mol. The molecule has 100 valence electrons. The number of aliphatic hydroxyl groups is 1. The van der Waals surface area contributed by atoms with Crippen LogP contribution in [0, 0.1) is 0 Å². The number of hydrogen-bond donors (Lipinski definition) is 3. The van der Waals surface area contributed by atoms with E-state index in [1.54, 1.807) is 0 Å². The number of nitrogens with one attached hydrogen (secondary N) is 1. The van der Waals surface area contributed by atoms with Crippen LogP contribution >= 0.6 is 11.3 Å². The van der Waals surface area contributed by atoms with Gasteiger partial charge in [-0.05, 0) is 19.3 Å². The Morgan fingerprint density at radius 3 is 2.67 bits per heavy atom. The third-order valence-corrected chi connectivity index (χ3v) is 4.46. The van der Waals surface area contributed by atoms with Gasteiger partial charge in [0.2, 0.25) is 0 Å². The molecule has 0 atom stereocenters. The highest BCUT2D eigenvalue weighted by Gasteiger charge is 2.38. The van der Waals surface area contributed by atoms with Crippen molar-refractivity contribution in [2.24, 2.45) is 0 Å². The van der Waals surface area contributed by atoms with Gasteiger partial charge in [-0.3, -0.25) is 4.79 Å². The summed E-state index contributed by atoms with van der Waals surface area (Å²) in [5.41, 5.74) is 5.30. The molecule has 1 saturated carbocycles. The van der Waals surface area contributed by atoms with Crippen molar-refractivity contribution in [1.82, 2.24) is 10.3 Å². The van der Waals surface area contributed by atoms with E-state index in [-0.39, 0.29) is 18.3 Å². The van der Waals surface area contributed by atoms with Crippen molar-refractivity contribution in [2.45, 2.75) is 24.8 Å². The Kier molecular flexibility index (Phi) is 3.45. The molecule has 1 fully saturated rings. The Labute approximate surface area is 110 Å². The lowest BCUT2D eigenvalue weighted by atomic mass is 9.77. The van der Waals surface area contributed by atoms with Gasteiger partial charge < -0.3 is 21.1 Å². The van der Waals surface area contributed by atoms with Crippen LogP contribution in [0.2, 0.25) is 0 Å². The first-order chi connectivity index (χ1) is 8.47. The van der Waals surface area contributed by atoms with Gasteiger partial charge in [-0.25, -0.2) is 4.98 Å². The second-order valence-electron chi connectivity index (χ2n) is 4.85. The zero-order valence-corrected chi connectivity index (χ0v) is 11.4. The van der Waals surface area contributed by atoms with Crippen LogP contribution in [0.15, 0.2) is 0 Å². The molecule has 0 radical (unpaired) electrons. The van der Waals surface area contributed by atoms with Gasteiger partial charge in [0, 0.05) is 14.1 Å². The molecule has 0 aliphatic heterocycles. The summed E-state index contributed by atoms with van der Waals surface area (Å²) in [7, 11) is 3.70. The molecule has 4 N–H and O–H groups in total. The van der Waals surface area contributed by atoms with E-state index in [0.717, 1.165) is 19.3 Å². The van der Waals surface area contributed by atoms with Gasteiger partial charge in [-0.1, -0.05) is 11.3 Å². The van der Waals surface area contributed by atoms with Gasteiger partial charge in [0.25, 0.3) is 5.91 Å². The maximum atomic E-state index is 12.1. The molecule has 1 aliphatic carbocycles. The fourth-order valence-corrected chi connectivity index (χ4v) is 2.70. The smallest absolute Gasteiger partial charge is 0.265 e. The molecule has 0 aromatic carbocycles. The van der Waals surface area contributed by atoms with Crippen LogP contribution < -0.4 is 16.0 Å². The third kappa shape index (κ3) is 2.28. The van der Waals surface area contributed by atoms with Crippen LogP contribution in [-0.2, 0) is 0 Å². The normalized spacial score (nSPS) is 17.1. The number of hydrogen-bond acceptors (Lipinski definition) is 6. The molecule has 18 heavy (non-hydrogen) atoms. The van der Waals surface area contributed by atoms with E-state index in [1.165, 1.54) is 11.3 Å². The average Bonchev–Trinajstić information content (AvgIpc) is 2.66. The molecular formula is C11H18N4O2S. The summed E-state index contributed by atoms with van der Waals surface area (Å²) in [6, 6.07) is 0. The van der Waals surface area contributed by atoms with Gasteiger partial charge in [-0.2, -0.15) is 0 Å². The standard InChI is InChI=1S/C11H18N4O2S/c1-15(2)10-13-8(12)7(18-10)9(17)14-11(6-16)4-3-5-11/h16H,3-6,12H2,1-2H3,(H,14,17). The largest absolute Gasteiger partial charge is 0.394 e. The number of rotatable bonds is 4. The van der Waals surface area contributed by atoms with E-state index in [4.69, 9.17) is 5.73 Å². The van der Waals surface area contributed by atoms with Crippen molar-refractivity contribution >= 4 is 28.2 Å². The minimum atomic E-state index is -0.453. The van der Waals surface area contributed by atoms with Crippen LogP contribution in [0.4, 0.5) is 10.9 Å². The molecule has 6 nitrogen and oxygen atoms in total. The zero-order chi connectivity index (χ0) is 13.3. The summed E-state index contributed by atoms with van der Waals surface area (Å²) in [6.07, 6.45) is 2.66. The second-order valence-corrected chi connectivity index (χ2v) is 5.83. The van der Waals surface area contributed by atoms with E-state index < -0.39 is 5.54 Å². The lowest BCUT2D eigenvalue weighted by Gasteiger charge is -2.40. The molecule has 0 saturated heterocycles. The van der Waals surface area contributed by atoms with Gasteiger partial charge in [-0.15, -0.1) is 0 Å². The van der Waals surface area contributed by atoms with Crippen molar-refractivity contribution in [3.63, 3.8) is 0 Å². The van der Waals surface area contributed by atoms with Crippen molar-refractivity contribution < 1.29 is 9.90 Å². The first kappa shape index (κ1) is 13.1. The number of anilines is 2. The van der Waals surface area contributed by atoms with Crippen LogP contribution in [0.1, 0.15) is 28.9 Å². The first-order valence-corrected chi connectivity index (χ1v) is 6.66. The Hall–Kier alpha value is -1.34. The summed E-state index contributed by atoms with van der Waals surface area (Å²) in [6.45, 7) is -0.0298. The topological polar surface area (TPSA) is 91.5 Å². The number of thiazole rings is 1. The van der Waals surface area contributed by atoms with E-state index >= 15 is 0 Å². The van der Waals surface area contributed by atoms with Gasteiger partial charge in [0.1, 0.15) is 10.7 Å². The van der Waals surface area contributed by atoms with Crippen LogP contribution in [0.3, 0.4) is 0 Å². The molecule has 1 aliphatic rings. The molecule has 0 spiro atoms. The van der Waals surface area contributed by atoms with Crippen LogP contribution in [-0.4, -0.2) is 42.2 Å². The Morgan fingerprint density at radius 2 is 2.28 bits per heavy atom. The molecule has 7 heteroatoms. The minimum Gasteiger partial charge on any atom is -0.394 e. The number of carbonyl (C=O) groups is 1. The highest BCUT2D eigenvalue weighted by atomic mass is 32.1. The molecule has 1 aromatic heterocycles. The SMILES string of the molecule is CN(C)c1nc(N)c(C(=O)NC2(CO)CCC2)s1. The highest BCUT2D eigenvalue weighted by Crippen LogP contribution is 2.33. The minimum absolute atomic E-state index is 0.0298. The highest BCUT2D eigenvalue weighted by molar-refractivity contribution is 7.18. The van der Waals surface area contributed by atoms with E-state index in [2.05, 4.69) is 10.3 Å². The lowest BCUT2D eigenvalue weighted by Crippen LogP contribution is -2.56. The predicted molar refractivity (Wildman–Crippen MR) is 72.0 cm³/mol. The van der Waals surface area contributed by atoms with Crippen molar-refractivity contribution in [3.05, 3.63) is 4.88 Å². The summed E-state index contributed by atoms with van der Waals surface area (Å²) in [5.74, 6) is 0.000429. The molecular weight excluding hydrogens is 252 g/mol. The maximum absolute atomic E-state index is 12.1. The fourth-order valence-electron chi connectivity index (χ4n) is 1.90. The fraction of sp³-hybridized carbons (Fsp3) is 0.636. The summed E-state index contributed by atoms with van der Waals surface area (Å²) in [5, 5.41) is 12.9. The third-order valence-electron chi connectivity index (χ3n) is 3.22. The monoisotopic (exact) mass is 270 g/mol. The summed E-state index contributed by atoms with van der Waals surface area (Å²) in [4.78, 5) is 18.5. The Balaban J connectivity index is 2.13. The number of amides is 1. The number of nitrogens with zero attached hydrogens (tertiary/aromatic N) is 2. The maximum Gasteiger partial charge on any atom is 0.265 e. The van der Waals surface area contributed by atoms with E-state index in [1.807, 2.05) is 19.0 Å². The first-order valence-electron chi connectivity index (χ1n) is 5.84. The second kappa shape index (κ2) is 4.74. The number of carbonyl (C=O) groups excluding carboxylic acids is 1. The van der Waals surface area contributed by atoms with Crippen LogP contribution in [0.5, 0.6) is 0 Å². The number of aromatic nitrogens is 1. The van der Waals surface area contributed by atoms with Gasteiger partial charge in [0.05, 0.1) is 12.1 Å². The quantitative estimate of drug-likeness (QED) is 0.738. The Morgan fingerprint density at radius 1 is 1.61 bits per heavy atom. The van der Waals surface area contributed by atoms with Crippen molar-refractivity contribution in [1.29, 1.82) is 0 Å². The number of nitrogens with two attached hydrogens (primary N) is 1. The van der Waals surface area contributed by atoms with Gasteiger partial charge >= 0.3 is 0 Å². The summed E-state index contributed by atoms with van der Waals surface area (Å²) < 4.78 is 0. The van der Waals surface area contributed by atoms with Crippen molar-refractivity contribution in [3.8, 4) is 0 Å². The summed E-state index contributed by atoms with van der Waals surface area (Å²) >= 11 is 1.26. The zero-order valence-electron chi connectivity index (χ0n) is 10.6. The van der Waals surface area contributed by atoms with Gasteiger partial charge in [0.15, 0.2) is 5.13 Å². The molecule has 2 rings (SSSR count). The Bertz CT molecular complexity index is 448. The molecule has 1 aromatic rings. The molecule has 0 bridgehead atoms. The van der Waals surface area contributed by atoms with Crippen LogP contribution in [0.25, 0.3) is 0 Å². The van der Waals surface area contributed by atoms with Crippen molar-refractivity contribution in [2.75, 3.05) is 31.3 Å². The number of nitrogen functional groups attached to an aromatic ring is 1. The molecule has 1 amide bonds. The lowest BCUT2D eigenvalue weighted by molar-refractivity contribution is 0.0645. The van der Waals surface area contributed by atoms with E-state index in [9.17, 15) is 9.90 Å². The number of aliphatic hydroxyl groups excluding tert-OH is 1.